The normalized spacial score (nSPS) is 20.8. The van der Waals surface area contributed by atoms with Crippen molar-refractivity contribution in [3.63, 3.8) is 0 Å². The second-order valence-corrected chi connectivity index (χ2v) is 5.15. The Labute approximate surface area is 82.7 Å². The smallest absolute Gasteiger partial charge is 0.00991 e. The van der Waals surface area contributed by atoms with Crippen LogP contribution < -0.4 is 5.32 Å². The summed E-state index contributed by atoms with van der Waals surface area (Å²) in [5.41, 5.74) is 0.367. The predicted molar refractivity (Wildman–Crippen MR) is 58.0 cm³/mol. The van der Waals surface area contributed by atoms with Crippen LogP contribution in [0.25, 0.3) is 0 Å². The molecule has 1 aliphatic carbocycles. The molecule has 1 unspecified atom stereocenters. The summed E-state index contributed by atoms with van der Waals surface area (Å²) in [6.45, 7) is 8.14. The zero-order valence-electron chi connectivity index (χ0n) is 9.72. The van der Waals surface area contributed by atoms with E-state index in [1.54, 1.807) is 0 Å². The van der Waals surface area contributed by atoms with Crippen molar-refractivity contribution in [2.24, 2.45) is 5.41 Å². The molecular weight excluding hydrogens is 160 g/mol. The Morgan fingerprint density at radius 3 is 2.38 bits per heavy atom. The van der Waals surface area contributed by atoms with Gasteiger partial charge >= 0.3 is 0 Å². The number of hydrogen-bond donors (Lipinski definition) is 1. The van der Waals surface area contributed by atoms with E-state index in [2.05, 4.69) is 38.0 Å². The Hall–Kier alpha value is -0.0800. The van der Waals surface area contributed by atoms with Gasteiger partial charge in [0.1, 0.15) is 0 Å². The van der Waals surface area contributed by atoms with Crippen LogP contribution in [-0.2, 0) is 0 Å². The van der Waals surface area contributed by atoms with E-state index in [1.165, 1.54) is 19.4 Å². The molecule has 1 N–H and O–H groups in total. The summed E-state index contributed by atoms with van der Waals surface area (Å²) in [4.78, 5) is 2.51. The van der Waals surface area contributed by atoms with E-state index in [4.69, 9.17) is 0 Å². The van der Waals surface area contributed by atoms with Crippen LogP contribution >= 0.6 is 0 Å². The molecule has 2 heteroatoms. The highest BCUT2D eigenvalue weighted by molar-refractivity contribution is 4.88. The van der Waals surface area contributed by atoms with Gasteiger partial charge < -0.3 is 10.2 Å². The van der Waals surface area contributed by atoms with Crippen LogP contribution in [0, 0.1) is 5.41 Å². The monoisotopic (exact) mass is 184 g/mol. The van der Waals surface area contributed by atoms with E-state index < -0.39 is 0 Å². The van der Waals surface area contributed by atoms with Crippen molar-refractivity contribution in [2.75, 3.05) is 20.6 Å². The molecule has 13 heavy (non-hydrogen) atoms. The van der Waals surface area contributed by atoms with E-state index in [0.29, 0.717) is 11.5 Å². The van der Waals surface area contributed by atoms with Gasteiger partial charge in [-0.25, -0.2) is 0 Å². The molecule has 2 nitrogen and oxygen atoms in total. The van der Waals surface area contributed by atoms with Crippen molar-refractivity contribution in [1.82, 2.24) is 10.2 Å². The molecule has 1 aliphatic rings. The van der Waals surface area contributed by atoms with Crippen molar-refractivity contribution in [3.05, 3.63) is 0 Å². The Kier molecular flexibility index (Phi) is 3.36. The van der Waals surface area contributed by atoms with Crippen molar-refractivity contribution in [3.8, 4) is 0 Å². The fourth-order valence-electron chi connectivity index (χ4n) is 1.81. The van der Waals surface area contributed by atoms with Gasteiger partial charge in [0.25, 0.3) is 0 Å². The van der Waals surface area contributed by atoms with Gasteiger partial charge in [-0.05, 0) is 39.3 Å². The zero-order valence-corrected chi connectivity index (χ0v) is 9.72. The van der Waals surface area contributed by atoms with Crippen molar-refractivity contribution in [2.45, 2.75) is 45.7 Å². The van der Waals surface area contributed by atoms with Crippen LogP contribution in [0.3, 0.4) is 0 Å². The molecule has 0 spiro atoms. The standard InChI is InChI=1S/C11H24N2/c1-9(12-4)11(2,3)8-13(5)10-6-7-10/h9-10,12H,6-8H2,1-5H3. The number of nitrogens with one attached hydrogen (secondary N) is 1. The Morgan fingerprint density at radius 1 is 1.46 bits per heavy atom. The molecule has 1 saturated carbocycles. The maximum atomic E-state index is 3.34. The molecule has 0 bridgehead atoms. The minimum absolute atomic E-state index is 0.367. The molecular formula is C11H24N2. The first-order valence-electron chi connectivity index (χ1n) is 5.35. The van der Waals surface area contributed by atoms with E-state index in [-0.39, 0.29) is 0 Å². The van der Waals surface area contributed by atoms with Crippen molar-refractivity contribution >= 4 is 0 Å². The molecule has 0 aromatic rings. The van der Waals surface area contributed by atoms with Gasteiger partial charge in [0, 0.05) is 18.6 Å². The SMILES string of the molecule is CNC(C)C(C)(C)CN(C)C1CC1. The fraction of sp³-hybridized carbons (Fsp3) is 1.00. The molecule has 0 aromatic heterocycles. The zero-order chi connectivity index (χ0) is 10.1. The molecule has 0 heterocycles. The first-order chi connectivity index (χ1) is 5.97. The maximum absolute atomic E-state index is 3.34. The Morgan fingerprint density at radius 2 is 2.00 bits per heavy atom. The topological polar surface area (TPSA) is 15.3 Å². The van der Waals surface area contributed by atoms with Gasteiger partial charge in [-0.15, -0.1) is 0 Å². The van der Waals surface area contributed by atoms with Crippen LogP contribution in [0.15, 0.2) is 0 Å². The maximum Gasteiger partial charge on any atom is 0.00991 e. The second-order valence-electron chi connectivity index (χ2n) is 5.15. The highest BCUT2D eigenvalue weighted by atomic mass is 15.2. The fourth-order valence-corrected chi connectivity index (χ4v) is 1.81. The number of rotatable bonds is 5. The van der Waals surface area contributed by atoms with E-state index >= 15 is 0 Å². The van der Waals surface area contributed by atoms with Crippen LogP contribution in [-0.4, -0.2) is 37.6 Å². The number of hydrogen-bond acceptors (Lipinski definition) is 2. The minimum atomic E-state index is 0.367. The largest absolute Gasteiger partial charge is 0.317 e. The van der Waals surface area contributed by atoms with Crippen molar-refractivity contribution in [1.29, 1.82) is 0 Å². The first-order valence-corrected chi connectivity index (χ1v) is 5.35. The molecule has 0 aliphatic heterocycles. The van der Waals surface area contributed by atoms with Crippen LogP contribution in [0.2, 0.25) is 0 Å². The van der Waals surface area contributed by atoms with Gasteiger partial charge in [-0.2, -0.15) is 0 Å². The van der Waals surface area contributed by atoms with Gasteiger partial charge in [0.15, 0.2) is 0 Å². The summed E-state index contributed by atoms with van der Waals surface area (Å²) in [6, 6.07) is 1.46. The van der Waals surface area contributed by atoms with E-state index in [0.717, 1.165) is 6.04 Å². The molecule has 1 atom stereocenters. The van der Waals surface area contributed by atoms with Crippen molar-refractivity contribution < 1.29 is 0 Å². The summed E-state index contributed by atoms with van der Waals surface area (Å²) in [5, 5.41) is 3.34. The highest BCUT2D eigenvalue weighted by Gasteiger charge is 2.32. The summed E-state index contributed by atoms with van der Waals surface area (Å²) >= 11 is 0. The summed E-state index contributed by atoms with van der Waals surface area (Å²) < 4.78 is 0. The number of nitrogens with zero attached hydrogens (tertiary/aromatic N) is 1. The van der Waals surface area contributed by atoms with E-state index in [1.807, 2.05) is 7.05 Å². The third-order valence-corrected chi connectivity index (χ3v) is 3.43. The van der Waals surface area contributed by atoms with Gasteiger partial charge in [0.2, 0.25) is 0 Å². The lowest BCUT2D eigenvalue weighted by molar-refractivity contribution is 0.164. The molecule has 1 rings (SSSR count). The Bertz CT molecular complexity index is 161. The van der Waals surface area contributed by atoms with E-state index in [9.17, 15) is 0 Å². The van der Waals surface area contributed by atoms with Gasteiger partial charge in [0.05, 0.1) is 0 Å². The van der Waals surface area contributed by atoms with Crippen LogP contribution in [0.1, 0.15) is 33.6 Å². The quantitative estimate of drug-likeness (QED) is 0.700. The molecule has 0 radical (unpaired) electrons. The summed E-state index contributed by atoms with van der Waals surface area (Å²) in [5.74, 6) is 0. The van der Waals surface area contributed by atoms with Gasteiger partial charge in [-0.3, -0.25) is 0 Å². The molecule has 78 valence electrons. The lowest BCUT2D eigenvalue weighted by atomic mass is 9.85. The lowest BCUT2D eigenvalue weighted by Gasteiger charge is -2.35. The molecule has 0 saturated heterocycles. The molecule has 1 fully saturated rings. The first kappa shape index (κ1) is 11.0. The minimum Gasteiger partial charge on any atom is -0.317 e. The predicted octanol–water partition coefficient (Wildman–Crippen LogP) is 1.71. The van der Waals surface area contributed by atoms with Gasteiger partial charge in [-0.1, -0.05) is 13.8 Å². The highest BCUT2D eigenvalue weighted by Crippen LogP contribution is 2.30. The Balaban J connectivity index is 2.39. The third kappa shape index (κ3) is 2.96. The average molecular weight is 184 g/mol. The lowest BCUT2D eigenvalue weighted by Crippen LogP contribution is -2.45. The third-order valence-electron chi connectivity index (χ3n) is 3.43. The molecule has 0 aromatic carbocycles. The molecule has 0 amide bonds. The van der Waals surface area contributed by atoms with Crippen LogP contribution in [0.4, 0.5) is 0 Å². The van der Waals surface area contributed by atoms with Crippen LogP contribution in [0.5, 0.6) is 0 Å². The average Bonchev–Trinajstić information content (AvgIpc) is 2.84. The summed E-state index contributed by atoms with van der Waals surface area (Å²) in [6.07, 6.45) is 2.81. The second kappa shape index (κ2) is 3.97. The summed E-state index contributed by atoms with van der Waals surface area (Å²) in [7, 11) is 4.30.